The maximum absolute atomic E-state index is 13.3. The van der Waals surface area contributed by atoms with Crippen molar-refractivity contribution in [2.24, 2.45) is 23.7 Å². The van der Waals surface area contributed by atoms with E-state index in [2.05, 4.69) is 21.2 Å². The molecule has 4 unspecified atom stereocenters. The zero-order chi connectivity index (χ0) is 12.4. The van der Waals surface area contributed by atoms with E-state index in [-0.39, 0.29) is 5.82 Å². The lowest BCUT2D eigenvalue weighted by Gasteiger charge is -2.14. The molecule has 18 heavy (non-hydrogen) atoms. The predicted octanol–water partition coefficient (Wildman–Crippen LogP) is 3.63. The van der Waals surface area contributed by atoms with Crippen molar-refractivity contribution in [3.05, 3.63) is 22.4 Å². The molecule has 3 aliphatic carbocycles. The minimum atomic E-state index is -0.297. The minimum absolute atomic E-state index is 0.297. The second kappa shape index (κ2) is 3.62. The van der Waals surface area contributed by atoms with Gasteiger partial charge in [0.25, 0.3) is 0 Å². The maximum atomic E-state index is 13.3. The third kappa shape index (κ3) is 1.44. The van der Waals surface area contributed by atoms with E-state index in [0.717, 1.165) is 29.4 Å². The Kier molecular flexibility index (Phi) is 2.23. The Morgan fingerprint density at radius 3 is 2.56 bits per heavy atom. The summed E-state index contributed by atoms with van der Waals surface area (Å²) in [6.45, 7) is 0. The van der Waals surface area contributed by atoms with Crippen molar-refractivity contribution < 1.29 is 4.39 Å². The molecule has 4 atom stereocenters. The van der Waals surface area contributed by atoms with Gasteiger partial charge in [-0.3, -0.25) is 0 Å². The van der Waals surface area contributed by atoms with Gasteiger partial charge in [-0.05, 0) is 64.9 Å². The standard InChI is InChI=1S/C14H16BrFN2/c15-8-4-11(10(17)5-9(8)16)18-14-12-6-1-2-7(3-6)13(12)14/h4-7,12-14,18H,1-3,17H2. The molecule has 4 rings (SSSR count). The Hall–Kier alpha value is -0.770. The van der Waals surface area contributed by atoms with Crippen molar-refractivity contribution in [3.63, 3.8) is 0 Å². The van der Waals surface area contributed by atoms with Crippen LogP contribution in [0.4, 0.5) is 15.8 Å². The number of nitrogen functional groups attached to an aromatic ring is 1. The molecule has 0 radical (unpaired) electrons. The lowest BCUT2D eigenvalue weighted by Crippen LogP contribution is -2.14. The summed E-state index contributed by atoms with van der Waals surface area (Å²) in [6, 6.07) is 3.73. The number of hydrogen-bond donors (Lipinski definition) is 2. The summed E-state index contributed by atoms with van der Waals surface area (Å²) in [5.41, 5.74) is 7.26. The van der Waals surface area contributed by atoms with E-state index in [1.165, 1.54) is 25.3 Å². The van der Waals surface area contributed by atoms with Crippen molar-refractivity contribution in [2.75, 3.05) is 11.1 Å². The van der Waals surface area contributed by atoms with Gasteiger partial charge >= 0.3 is 0 Å². The van der Waals surface area contributed by atoms with Crippen molar-refractivity contribution in [2.45, 2.75) is 25.3 Å². The van der Waals surface area contributed by atoms with Crippen LogP contribution in [0.3, 0.4) is 0 Å². The minimum Gasteiger partial charge on any atom is -0.397 e. The number of nitrogens with two attached hydrogens (primary N) is 1. The topological polar surface area (TPSA) is 38.0 Å². The second-order valence-corrected chi connectivity index (χ2v) is 6.87. The van der Waals surface area contributed by atoms with Gasteiger partial charge in [0, 0.05) is 12.1 Å². The molecule has 3 fully saturated rings. The van der Waals surface area contributed by atoms with Gasteiger partial charge in [0.1, 0.15) is 5.82 Å². The van der Waals surface area contributed by atoms with Gasteiger partial charge in [-0.15, -0.1) is 0 Å². The SMILES string of the molecule is Nc1cc(F)c(Br)cc1NC1C2C3CCC(C3)C12. The average molecular weight is 311 g/mol. The number of nitrogens with one attached hydrogen (secondary N) is 1. The van der Waals surface area contributed by atoms with Gasteiger partial charge in [-0.25, -0.2) is 4.39 Å². The monoisotopic (exact) mass is 310 g/mol. The highest BCUT2D eigenvalue weighted by Crippen LogP contribution is 2.66. The first kappa shape index (κ1) is 11.1. The van der Waals surface area contributed by atoms with E-state index < -0.39 is 0 Å². The number of hydrogen-bond acceptors (Lipinski definition) is 2. The fraction of sp³-hybridized carbons (Fsp3) is 0.571. The summed E-state index contributed by atoms with van der Waals surface area (Å²) in [7, 11) is 0. The Morgan fingerprint density at radius 1 is 1.22 bits per heavy atom. The second-order valence-electron chi connectivity index (χ2n) is 6.01. The summed E-state index contributed by atoms with van der Waals surface area (Å²) < 4.78 is 13.8. The van der Waals surface area contributed by atoms with Crippen LogP contribution in [0.25, 0.3) is 0 Å². The van der Waals surface area contributed by atoms with E-state index in [0.29, 0.717) is 16.2 Å². The lowest BCUT2D eigenvalue weighted by molar-refractivity contribution is 0.456. The van der Waals surface area contributed by atoms with Gasteiger partial charge in [0.05, 0.1) is 15.8 Å². The van der Waals surface area contributed by atoms with E-state index >= 15 is 0 Å². The molecule has 2 bridgehead atoms. The van der Waals surface area contributed by atoms with Crippen LogP contribution in [0.5, 0.6) is 0 Å². The van der Waals surface area contributed by atoms with Crippen molar-refractivity contribution in [3.8, 4) is 0 Å². The van der Waals surface area contributed by atoms with E-state index in [1.807, 2.05) is 0 Å². The van der Waals surface area contributed by atoms with Crippen molar-refractivity contribution in [1.29, 1.82) is 0 Å². The third-order valence-electron chi connectivity index (χ3n) is 5.15. The lowest BCUT2D eigenvalue weighted by atomic mass is 10.0. The number of rotatable bonds is 2. The first-order valence-electron chi connectivity index (χ1n) is 6.66. The number of anilines is 2. The van der Waals surface area contributed by atoms with Gasteiger partial charge in [0.15, 0.2) is 0 Å². The Morgan fingerprint density at radius 2 is 1.89 bits per heavy atom. The molecule has 1 aromatic rings. The zero-order valence-electron chi connectivity index (χ0n) is 10.00. The first-order chi connectivity index (χ1) is 8.65. The van der Waals surface area contributed by atoms with Gasteiger partial charge < -0.3 is 11.1 Å². The van der Waals surface area contributed by atoms with Gasteiger partial charge in [-0.2, -0.15) is 0 Å². The fourth-order valence-corrected chi connectivity index (χ4v) is 4.73. The van der Waals surface area contributed by atoms with Crippen LogP contribution in [0, 0.1) is 29.5 Å². The third-order valence-corrected chi connectivity index (χ3v) is 5.76. The number of benzene rings is 1. The van der Waals surface area contributed by atoms with Crippen LogP contribution in [0.2, 0.25) is 0 Å². The summed E-state index contributed by atoms with van der Waals surface area (Å²) in [5, 5.41) is 3.53. The van der Waals surface area contributed by atoms with Crippen LogP contribution >= 0.6 is 15.9 Å². The molecule has 0 spiro atoms. The molecule has 96 valence electrons. The first-order valence-corrected chi connectivity index (χ1v) is 7.45. The van der Waals surface area contributed by atoms with Crippen molar-refractivity contribution in [1.82, 2.24) is 0 Å². The van der Waals surface area contributed by atoms with Crippen LogP contribution < -0.4 is 11.1 Å². The molecule has 4 heteroatoms. The number of fused-ring (bicyclic) bond motifs is 5. The number of halogens is 2. The van der Waals surface area contributed by atoms with Gasteiger partial charge in [0.2, 0.25) is 0 Å². The fourth-order valence-electron chi connectivity index (χ4n) is 4.39. The molecule has 0 saturated heterocycles. The largest absolute Gasteiger partial charge is 0.397 e. The van der Waals surface area contributed by atoms with E-state index in [4.69, 9.17) is 5.73 Å². The Bertz CT molecular complexity index is 503. The zero-order valence-corrected chi connectivity index (χ0v) is 11.6. The molecule has 0 heterocycles. The predicted molar refractivity (Wildman–Crippen MR) is 73.7 cm³/mol. The molecule has 3 N–H and O–H groups in total. The summed E-state index contributed by atoms with van der Waals surface area (Å²) >= 11 is 3.22. The normalized spacial score (nSPS) is 39.8. The van der Waals surface area contributed by atoms with Crippen LogP contribution in [-0.4, -0.2) is 6.04 Å². The highest BCUT2D eigenvalue weighted by Gasteiger charge is 2.65. The quantitative estimate of drug-likeness (QED) is 0.819. The molecule has 0 amide bonds. The molecular weight excluding hydrogens is 295 g/mol. The highest BCUT2D eigenvalue weighted by molar-refractivity contribution is 9.10. The van der Waals surface area contributed by atoms with Gasteiger partial charge in [-0.1, -0.05) is 0 Å². The molecular formula is C14H16BrFN2. The average Bonchev–Trinajstić information content (AvgIpc) is 2.72. The molecule has 3 saturated carbocycles. The van der Waals surface area contributed by atoms with Crippen LogP contribution in [0.15, 0.2) is 16.6 Å². The summed E-state index contributed by atoms with van der Waals surface area (Å²) in [4.78, 5) is 0. The Labute approximate surface area is 114 Å². The van der Waals surface area contributed by atoms with Crippen LogP contribution in [0.1, 0.15) is 19.3 Å². The van der Waals surface area contributed by atoms with E-state index in [1.54, 1.807) is 6.07 Å². The molecule has 3 aliphatic rings. The van der Waals surface area contributed by atoms with Crippen molar-refractivity contribution >= 4 is 27.3 Å². The Balaban J connectivity index is 1.55. The maximum Gasteiger partial charge on any atom is 0.139 e. The summed E-state index contributed by atoms with van der Waals surface area (Å²) in [6.07, 6.45) is 4.26. The molecule has 2 nitrogen and oxygen atoms in total. The molecule has 0 aromatic heterocycles. The van der Waals surface area contributed by atoms with Crippen LogP contribution in [-0.2, 0) is 0 Å². The highest BCUT2D eigenvalue weighted by atomic mass is 79.9. The summed E-state index contributed by atoms with van der Waals surface area (Å²) in [5.74, 6) is 3.28. The molecule has 0 aliphatic heterocycles. The smallest absolute Gasteiger partial charge is 0.139 e. The molecule has 1 aromatic carbocycles. The van der Waals surface area contributed by atoms with E-state index in [9.17, 15) is 4.39 Å².